The molecule has 1 atom stereocenters. The standard InChI is InChI=1S/C14H19FN4O/c1-16-7-10-3-2-4-12(15)13(10)18-5-6-19-11(9-18)8-17-14(19)20/h2-4,11,16H,5-9H2,1H3,(H,17,20). The first-order chi connectivity index (χ1) is 9.70. The lowest BCUT2D eigenvalue weighted by Crippen LogP contribution is -2.52. The Labute approximate surface area is 117 Å². The summed E-state index contributed by atoms with van der Waals surface area (Å²) in [4.78, 5) is 15.5. The molecule has 0 aromatic heterocycles. The Kier molecular flexibility index (Phi) is 3.48. The zero-order valence-electron chi connectivity index (χ0n) is 11.5. The largest absolute Gasteiger partial charge is 0.365 e. The Hall–Kier alpha value is -1.82. The van der Waals surface area contributed by atoms with Gasteiger partial charge in [0, 0.05) is 32.7 Å². The highest BCUT2D eigenvalue weighted by Gasteiger charge is 2.36. The SMILES string of the molecule is CNCc1cccc(F)c1N1CCN2C(=O)NCC2C1. The lowest BCUT2D eigenvalue weighted by molar-refractivity contribution is 0.197. The molecule has 1 aromatic carbocycles. The number of halogens is 1. The third-order valence-corrected chi connectivity index (χ3v) is 3.99. The second kappa shape index (κ2) is 5.28. The quantitative estimate of drug-likeness (QED) is 0.858. The Morgan fingerprint density at radius 3 is 3.10 bits per heavy atom. The van der Waals surface area contributed by atoms with E-state index in [0.717, 1.165) is 5.56 Å². The first-order valence-corrected chi connectivity index (χ1v) is 6.92. The predicted octanol–water partition coefficient (Wildman–Crippen LogP) is 0.759. The predicted molar refractivity (Wildman–Crippen MR) is 75.3 cm³/mol. The minimum absolute atomic E-state index is 0.00127. The van der Waals surface area contributed by atoms with Crippen LogP contribution in [0.4, 0.5) is 14.9 Å². The Balaban J connectivity index is 1.85. The molecule has 2 aliphatic heterocycles. The number of nitrogens with one attached hydrogen (secondary N) is 2. The monoisotopic (exact) mass is 278 g/mol. The maximum Gasteiger partial charge on any atom is 0.317 e. The molecule has 2 N–H and O–H groups in total. The molecular weight excluding hydrogens is 259 g/mol. The van der Waals surface area contributed by atoms with E-state index < -0.39 is 0 Å². The van der Waals surface area contributed by atoms with Gasteiger partial charge in [0.25, 0.3) is 0 Å². The maximum absolute atomic E-state index is 14.2. The number of urea groups is 1. The lowest BCUT2D eigenvalue weighted by Gasteiger charge is -2.38. The van der Waals surface area contributed by atoms with E-state index >= 15 is 0 Å². The molecule has 20 heavy (non-hydrogen) atoms. The zero-order valence-corrected chi connectivity index (χ0v) is 11.5. The van der Waals surface area contributed by atoms with E-state index in [-0.39, 0.29) is 17.9 Å². The van der Waals surface area contributed by atoms with E-state index in [1.54, 1.807) is 6.07 Å². The van der Waals surface area contributed by atoms with Crippen LogP contribution < -0.4 is 15.5 Å². The van der Waals surface area contributed by atoms with Crippen molar-refractivity contribution in [2.45, 2.75) is 12.6 Å². The van der Waals surface area contributed by atoms with Gasteiger partial charge in [-0.1, -0.05) is 12.1 Å². The zero-order chi connectivity index (χ0) is 14.1. The molecule has 2 heterocycles. The van der Waals surface area contributed by atoms with Gasteiger partial charge in [-0.3, -0.25) is 0 Å². The first-order valence-electron chi connectivity index (χ1n) is 6.92. The highest BCUT2D eigenvalue weighted by atomic mass is 19.1. The van der Waals surface area contributed by atoms with Gasteiger partial charge in [0.05, 0.1) is 11.7 Å². The third kappa shape index (κ3) is 2.20. The van der Waals surface area contributed by atoms with Crippen molar-refractivity contribution in [2.24, 2.45) is 0 Å². The van der Waals surface area contributed by atoms with Crippen LogP contribution >= 0.6 is 0 Å². The van der Waals surface area contributed by atoms with Crippen molar-refractivity contribution in [3.63, 3.8) is 0 Å². The van der Waals surface area contributed by atoms with E-state index in [1.165, 1.54) is 6.07 Å². The van der Waals surface area contributed by atoms with Crippen LogP contribution in [0.5, 0.6) is 0 Å². The normalized spacial score (nSPS) is 21.9. The number of hydrogen-bond acceptors (Lipinski definition) is 3. The van der Waals surface area contributed by atoms with Gasteiger partial charge < -0.3 is 20.4 Å². The summed E-state index contributed by atoms with van der Waals surface area (Å²) in [6.45, 7) is 3.27. The van der Waals surface area contributed by atoms with E-state index in [0.29, 0.717) is 38.4 Å². The number of piperazine rings is 1. The number of nitrogens with zero attached hydrogens (tertiary/aromatic N) is 2. The van der Waals surface area contributed by atoms with Gasteiger partial charge >= 0.3 is 6.03 Å². The van der Waals surface area contributed by atoms with Crippen molar-refractivity contribution in [2.75, 3.05) is 38.1 Å². The summed E-state index contributed by atoms with van der Waals surface area (Å²) in [5, 5.41) is 5.92. The lowest BCUT2D eigenvalue weighted by atomic mass is 10.1. The van der Waals surface area contributed by atoms with E-state index in [4.69, 9.17) is 0 Å². The van der Waals surface area contributed by atoms with Crippen LogP contribution in [0.1, 0.15) is 5.56 Å². The molecule has 0 aliphatic carbocycles. The molecule has 0 radical (unpaired) electrons. The van der Waals surface area contributed by atoms with Gasteiger partial charge in [0.2, 0.25) is 0 Å². The molecular formula is C14H19FN4O. The molecule has 0 spiro atoms. The number of amides is 2. The van der Waals surface area contributed by atoms with Gasteiger partial charge in [-0.25, -0.2) is 9.18 Å². The number of carbonyl (C=O) groups excluding carboxylic acids is 1. The molecule has 2 aliphatic rings. The van der Waals surface area contributed by atoms with Gasteiger partial charge in [-0.15, -0.1) is 0 Å². The van der Waals surface area contributed by atoms with E-state index in [2.05, 4.69) is 15.5 Å². The molecule has 5 nitrogen and oxygen atoms in total. The van der Waals surface area contributed by atoms with Crippen LogP contribution in [0.2, 0.25) is 0 Å². The number of carbonyl (C=O) groups is 1. The summed E-state index contributed by atoms with van der Waals surface area (Å²) >= 11 is 0. The molecule has 0 bridgehead atoms. The fourth-order valence-corrected chi connectivity index (χ4v) is 3.05. The molecule has 2 saturated heterocycles. The van der Waals surface area contributed by atoms with E-state index in [1.807, 2.05) is 18.0 Å². The van der Waals surface area contributed by atoms with Gasteiger partial charge in [-0.2, -0.15) is 0 Å². The molecule has 6 heteroatoms. The van der Waals surface area contributed by atoms with Crippen molar-refractivity contribution in [1.29, 1.82) is 0 Å². The average molecular weight is 278 g/mol. The summed E-state index contributed by atoms with van der Waals surface area (Å²) in [7, 11) is 1.85. The van der Waals surface area contributed by atoms with Crippen molar-refractivity contribution in [3.05, 3.63) is 29.6 Å². The summed E-state index contributed by atoms with van der Waals surface area (Å²) in [6.07, 6.45) is 0. The Morgan fingerprint density at radius 1 is 1.45 bits per heavy atom. The van der Waals surface area contributed by atoms with Crippen LogP contribution in [0.25, 0.3) is 0 Å². The second-order valence-electron chi connectivity index (χ2n) is 5.26. The molecule has 2 amide bonds. The topological polar surface area (TPSA) is 47.6 Å². The van der Waals surface area contributed by atoms with Gasteiger partial charge in [-0.05, 0) is 18.7 Å². The fraction of sp³-hybridized carbons (Fsp3) is 0.500. The van der Waals surface area contributed by atoms with Gasteiger partial charge in [0.1, 0.15) is 5.82 Å². The van der Waals surface area contributed by atoms with Crippen LogP contribution in [0, 0.1) is 5.82 Å². The number of anilines is 1. The van der Waals surface area contributed by atoms with E-state index in [9.17, 15) is 9.18 Å². The second-order valence-corrected chi connectivity index (χ2v) is 5.26. The Bertz CT molecular complexity index is 522. The minimum Gasteiger partial charge on any atom is -0.365 e. The number of fused-ring (bicyclic) bond motifs is 1. The highest BCUT2D eigenvalue weighted by Crippen LogP contribution is 2.27. The summed E-state index contributed by atoms with van der Waals surface area (Å²) in [6, 6.07) is 5.32. The molecule has 2 fully saturated rings. The number of para-hydroxylation sites is 1. The average Bonchev–Trinajstić information content (AvgIpc) is 2.80. The molecule has 1 aromatic rings. The first kappa shape index (κ1) is 13.2. The van der Waals surface area contributed by atoms with Crippen molar-refractivity contribution < 1.29 is 9.18 Å². The van der Waals surface area contributed by atoms with Crippen LogP contribution in [-0.2, 0) is 6.54 Å². The van der Waals surface area contributed by atoms with Crippen LogP contribution in [0.15, 0.2) is 18.2 Å². The fourth-order valence-electron chi connectivity index (χ4n) is 3.05. The highest BCUT2D eigenvalue weighted by molar-refractivity contribution is 5.77. The molecule has 3 rings (SSSR count). The van der Waals surface area contributed by atoms with Crippen LogP contribution in [-0.4, -0.2) is 50.2 Å². The number of benzene rings is 1. The van der Waals surface area contributed by atoms with Crippen molar-refractivity contribution >= 4 is 11.7 Å². The van der Waals surface area contributed by atoms with Crippen molar-refractivity contribution in [1.82, 2.24) is 15.5 Å². The smallest absolute Gasteiger partial charge is 0.317 e. The van der Waals surface area contributed by atoms with Crippen LogP contribution in [0.3, 0.4) is 0 Å². The maximum atomic E-state index is 14.2. The summed E-state index contributed by atoms with van der Waals surface area (Å²) in [5.41, 5.74) is 1.62. The minimum atomic E-state index is -0.191. The van der Waals surface area contributed by atoms with Gasteiger partial charge in [0.15, 0.2) is 0 Å². The molecule has 0 saturated carbocycles. The molecule has 1 unspecified atom stereocenters. The number of hydrogen-bond donors (Lipinski definition) is 2. The summed E-state index contributed by atoms with van der Waals surface area (Å²) < 4.78 is 14.2. The third-order valence-electron chi connectivity index (χ3n) is 3.99. The van der Waals surface area contributed by atoms with Crippen molar-refractivity contribution in [3.8, 4) is 0 Å². The summed E-state index contributed by atoms with van der Waals surface area (Å²) in [5.74, 6) is -0.191. The molecule has 108 valence electrons. The Morgan fingerprint density at radius 2 is 2.30 bits per heavy atom. The number of rotatable bonds is 3.